The Bertz CT molecular complexity index is 377. The second-order valence-electron chi connectivity index (χ2n) is 6.73. The number of carbonyl (C=O) groups excluding carboxylic acids is 1. The molecule has 0 N–H and O–H groups in total. The molecule has 1 rings (SSSR count). The Morgan fingerprint density at radius 2 is 1.50 bits per heavy atom. The Labute approximate surface area is 169 Å². The van der Waals surface area contributed by atoms with Crippen LogP contribution >= 0.6 is 0 Å². The molecule has 5 nitrogen and oxygen atoms in total. The Kier molecular flexibility index (Phi) is 14.3. The number of carboxylic acids is 1. The largest absolute Gasteiger partial charge is 1.00 e. The van der Waals surface area contributed by atoms with E-state index in [-0.39, 0.29) is 36.1 Å². The minimum Gasteiger partial charge on any atom is -0.626 e. The van der Waals surface area contributed by atoms with Gasteiger partial charge in [-0.15, -0.1) is 0 Å². The molecule has 0 saturated carbocycles. The van der Waals surface area contributed by atoms with Crippen molar-refractivity contribution in [1.29, 1.82) is 0 Å². The van der Waals surface area contributed by atoms with Crippen LogP contribution < -0.4 is 34.7 Å². The predicted octanol–water partition coefficient (Wildman–Crippen LogP) is 0.168. The fraction of sp³-hybridized carbons (Fsp3) is 0.889. The quantitative estimate of drug-likeness (QED) is 0.194. The van der Waals surface area contributed by atoms with Crippen LogP contribution in [-0.2, 0) is 4.79 Å². The number of nitrogens with zero attached hydrogens (tertiary/aromatic N) is 2. The molecule has 0 aromatic heterocycles. The number of quaternary nitrogens is 1. The average Bonchev–Trinajstić information content (AvgIpc) is 2.84. The maximum Gasteiger partial charge on any atom is 1.00 e. The molecule has 0 fully saturated rings. The summed E-state index contributed by atoms with van der Waals surface area (Å²) in [7, 11) is 0. The van der Waals surface area contributed by atoms with E-state index in [1.54, 1.807) is 0 Å². The van der Waals surface area contributed by atoms with E-state index < -0.39 is 17.2 Å². The Hall–Kier alpha value is 0.0600. The fourth-order valence-corrected chi connectivity index (χ4v) is 3.21. The number of carboxylic acid groups (broad SMARTS) is 1. The van der Waals surface area contributed by atoms with E-state index in [0.29, 0.717) is 18.8 Å². The first-order valence-corrected chi connectivity index (χ1v) is 9.40. The molecule has 1 aliphatic heterocycles. The summed E-state index contributed by atoms with van der Waals surface area (Å²) in [5.74, 6) is -0.779. The van der Waals surface area contributed by atoms with Crippen molar-refractivity contribution in [3.05, 3.63) is 5.21 Å². The molecule has 0 amide bonds. The van der Waals surface area contributed by atoms with Crippen molar-refractivity contribution in [3.63, 3.8) is 0 Å². The normalized spacial score (nSPS) is 19.8. The maximum absolute atomic E-state index is 12.3. The maximum atomic E-state index is 12.3. The number of aliphatic carboxylic acids is 1. The van der Waals surface area contributed by atoms with Gasteiger partial charge in [0.05, 0.1) is 12.5 Å². The fourth-order valence-electron chi connectivity index (χ4n) is 3.21. The van der Waals surface area contributed by atoms with E-state index in [1.807, 2.05) is 0 Å². The van der Waals surface area contributed by atoms with Crippen molar-refractivity contribution in [3.8, 4) is 0 Å². The third-order valence-corrected chi connectivity index (χ3v) is 4.61. The number of hydrogen-bond donors (Lipinski definition) is 0. The summed E-state index contributed by atoms with van der Waals surface area (Å²) in [4.78, 5) is 14.9. The van der Waals surface area contributed by atoms with Crippen LogP contribution in [0, 0.1) is 5.21 Å². The van der Waals surface area contributed by atoms with Gasteiger partial charge in [-0.1, -0.05) is 71.1 Å². The zero-order valence-corrected chi connectivity index (χ0v) is 17.7. The summed E-state index contributed by atoms with van der Waals surface area (Å²) in [6.07, 6.45) is 14.5. The van der Waals surface area contributed by atoms with Gasteiger partial charge in [0.2, 0.25) is 0 Å². The SMILES string of the molecule is CCCCCCCCCCCCCC1=NCC[N+]1([O-])CC(=O)[O-].[Na+]. The van der Waals surface area contributed by atoms with Gasteiger partial charge in [-0.05, 0) is 6.42 Å². The zero-order valence-electron chi connectivity index (χ0n) is 15.7. The van der Waals surface area contributed by atoms with Crippen LogP contribution in [0.1, 0.15) is 84.0 Å². The van der Waals surface area contributed by atoms with Gasteiger partial charge in [-0.25, -0.2) is 4.99 Å². The van der Waals surface area contributed by atoms with Crippen LogP contribution in [0.15, 0.2) is 4.99 Å². The number of carbonyl (C=O) groups is 1. The van der Waals surface area contributed by atoms with Crippen LogP contribution in [0.2, 0.25) is 0 Å². The summed E-state index contributed by atoms with van der Waals surface area (Å²) in [6, 6.07) is 0. The smallest absolute Gasteiger partial charge is 0.626 e. The third-order valence-electron chi connectivity index (χ3n) is 4.61. The summed E-state index contributed by atoms with van der Waals surface area (Å²) in [6.45, 7) is 2.45. The number of unbranched alkanes of at least 4 members (excludes halogenated alkanes) is 10. The Morgan fingerprint density at radius 1 is 1.00 bits per heavy atom. The molecule has 134 valence electrons. The molecule has 0 aliphatic carbocycles. The zero-order chi connectivity index (χ0) is 17.0. The molecule has 1 atom stereocenters. The summed E-state index contributed by atoms with van der Waals surface area (Å²) >= 11 is 0. The van der Waals surface area contributed by atoms with Crippen molar-refractivity contribution in [1.82, 2.24) is 0 Å². The molecule has 0 bridgehead atoms. The van der Waals surface area contributed by atoms with Crippen molar-refractivity contribution in [2.24, 2.45) is 4.99 Å². The third kappa shape index (κ3) is 10.1. The first kappa shape index (κ1) is 24.1. The van der Waals surface area contributed by atoms with Gasteiger partial charge < -0.3 is 19.8 Å². The van der Waals surface area contributed by atoms with Crippen molar-refractivity contribution in [2.75, 3.05) is 19.6 Å². The van der Waals surface area contributed by atoms with Crippen molar-refractivity contribution >= 4 is 11.8 Å². The van der Waals surface area contributed by atoms with Gasteiger partial charge in [0, 0.05) is 6.42 Å². The van der Waals surface area contributed by atoms with E-state index in [2.05, 4.69) is 11.9 Å². The summed E-state index contributed by atoms with van der Waals surface area (Å²) < 4.78 is -0.792. The monoisotopic (exact) mass is 348 g/mol. The number of aliphatic imine (C=N–C) groups is 1. The molecule has 0 aromatic rings. The van der Waals surface area contributed by atoms with Crippen LogP contribution in [0.3, 0.4) is 0 Å². The Balaban J connectivity index is 0.00000529. The minimum atomic E-state index is -1.28. The second kappa shape index (κ2) is 14.3. The van der Waals surface area contributed by atoms with Gasteiger partial charge in [-0.2, -0.15) is 0 Å². The van der Waals surface area contributed by atoms with E-state index in [4.69, 9.17) is 0 Å². The Morgan fingerprint density at radius 3 is 2.00 bits per heavy atom. The molecule has 1 aliphatic rings. The van der Waals surface area contributed by atoms with Gasteiger partial charge in [0.25, 0.3) is 0 Å². The average molecular weight is 348 g/mol. The number of rotatable bonds is 14. The standard InChI is InChI=1S/C18H34N2O3.Na/c1-2-3-4-5-6-7-8-9-10-11-12-13-17-19-14-15-20(17,23)16-18(21)22;/h2-16H2,1H3,(H,21,22);/q;+1/p-1. The van der Waals surface area contributed by atoms with Crippen LogP contribution in [-0.4, -0.2) is 36.1 Å². The van der Waals surface area contributed by atoms with Gasteiger partial charge in [-0.3, -0.25) is 0 Å². The number of hydrogen-bond acceptors (Lipinski definition) is 4. The first-order valence-electron chi connectivity index (χ1n) is 9.40. The molecular formula is C18H33N2NaO3. The summed E-state index contributed by atoms with van der Waals surface area (Å²) in [5.41, 5.74) is 0. The number of hydroxylamine groups is 3. The molecule has 0 saturated heterocycles. The van der Waals surface area contributed by atoms with E-state index >= 15 is 0 Å². The van der Waals surface area contributed by atoms with Gasteiger partial charge in [0.15, 0.2) is 5.84 Å². The van der Waals surface area contributed by atoms with E-state index in [9.17, 15) is 15.1 Å². The van der Waals surface area contributed by atoms with E-state index in [1.165, 1.54) is 57.8 Å². The topological polar surface area (TPSA) is 75.5 Å². The molecule has 6 heteroatoms. The minimum absolute atomic E-state index is 0. The van der Waals surface area contributed by atoms with Crippen molar-refractivity contribution < 1.29 is 44.1 Å². The summed E-state index contributed by atoms with van der Waals surface area (Å²) in [5, 5.41) is 23.0. The second-order valence-corrected chi connectivity index (χ2v) is 6.73. The molecule has 0 aromatic carbocycles. The predicted molar refractivity (Wildman–Crippen MR) is 91.7 cm³/mol. The molecular weight excluding hydrogens is 315 g/mol. The van der Waals surface area contributed by atoms with Crippen LogP contribution in [0.5, 0.6) is 0 Å². The van der Waals surface area contributed by atoms with Gasteiger partial charge in [0.1, 0.15) is 13.1 Å². The molecule has 24 heavy (non-hydrogen) atoms. The molecule has 0 spiro atoms. The van der Waals surface area contributed by atoms with Gasteiger partial charge >= 0.3 is 29.6 Å². The van der Waals surface area contributed by atoms with Crippen LogP contribution in [0.25, 0.3) is 0 Å². The van der Waals surface area contributed by atoms with Crippen molar-refractivity contribution in [2.45, 2.75) is 84.0 Å². The van der Waals surface area contributed by atoms with Crippen LogP contribution in [0.4, 0.5) is 0 Å². The molecule has 1 heterocycles. The number of amidine groups is 1. The first-order chi connectivity index (χ1) is 11.1. The van der Waals surface area contributed by atoms with E-state index in [0.717, 1.165) is 12.8 Å². The molecule has 1 unspecified atom stereocenters. The molecule has 0 radical (unpaired) electrons.